The van der Waals surface area contributed by atoms with Gasteiger partial charge < -0.3 is 52.2 Å². The maximum absolute atomic E-state index is 12.1. The average Bonchev–Trinajstić information content (AvgIpc) is 2.89. The van der Waals surface area contributed by atoms with Crippen LogP contribution < -0.4 is 22.1 Å². The molecule has 15 nitrogen and oxygen atoms in total. The number of nitrogens with one attached hydrogen (secondary N) is 2. The Morgan fingerprint density at radius 1 is 0.509 bits per heavy atom. The first-order valence-corrected chi connectivity index (χ1v) is 35.5. The summed E-state index contributed by atoms with van der Waals surface area (Å²) in [5.74, 6) is -1.06. The van der Waals surface area contributed by atoms with Crippen LogP contribution in [-0.4, -0.2) is 100 Å². The SMILES string of the molecule is C=C(C)C(=O)OCCC(CC[Si](O[Si](C)(C)C)(O[Si](C)(C)C)O[Si](CCC(CCOC(=O)C(=C)C)NC(N)=O)(O[Si](C)(C)C)O[Si](C)(C)C)NC(N)=O. The van der Waals surface area contributed by atoms with E-state index in [0.717, 1.165) is 0 Å². The van der Waals surface area contributed by atoms with E-state index < -0.39 is 87.0 Å². The molecule has 6 N–H and O–H groups in total. The largest absolute Gasteiger partial charge is 0.472 e. The number of carbonyl (C=O) groups is 4. The molecule has 2 atom stereocenters. The lowest BCUT2D eigenvalue weighted by molar-refractivity contribution is -0.140. The first-order valence-electron chi connectivity index (χ1n) is 18.0. The van der Waals surface area contributed by atoms with E-state index in [1.807, 2.05) is 0 Å². The van der Waals surface area contributed by atoms with Gasteiger partial charge in [-0.3, -0.25) is 0 Å². The quantitative estimate of drug-likeness (QED) is 0.0440. The Morgan fingerprint density at radius 3 is 0.981 bits per heavy atom. The standard InChI is InChI=1S/C32H70N4O11Si6/c1-25(2)29(37)41-21-17-27(35-31(33)39)19-23-52(43-48(5,6)7,44-49(8,9)10)47-53(45-50(11,12)13,46-51(14,15)16)24-20-28(36-32(34)40)18-22-42-30(38)26(3)4/h27-28H,1,3,17-24H2,2,4-16H3,(H3,33,35,39)(H3,34,36,40). The molecule has 0 rings (SSSR count). The highest BCUT2D eigenvalue weighted by Gasteiger charge is 2.58. The highest BCUT2D eigenvalue weighted by Crippen LogP contribution is 2.36. The Kier molecular flexibility index (Phi) is 20.6. The Morgan fingerprint density at radius 2 is 0.774 bits per heavy atom. The van der Waals surface area contributed by atoms with Crippen molar-refractivity contribution in [3.8, 4) is 0 Å². The third-order valence-electron chi connectivity index (χ3n) is 6.54. The molecule has 2 unspecified atom stereocenters. The van der Waals surface area contributed by atoms with Crippen molar-refractivity contribution in [2.75, 3.05) is 13.2 Å². The number of urea groups is 2. The summed E-state index contributed by atoms with van der Waals surface area (Å²) in [5.41, 5.74) is 11.7. The minimum absolute atomic E-state index is 0.0297. The van der Waals surface area contributed by atoms with Crippen LogP contribution in [-0.2, 0) is 39.6 Å². The molecule has 0 aromatic carbocycles. The molecule has 0 aliphatic carbocycles. The zero-order chi connectivity index (χ0) is 41.6. The Labute approximate surface area is 324 Å². The van der Waals surface area contributed by atoms with Crippen molar-refractivity contribution in [1.29, 1.82) is 0 Å². The molecule has 0 aliphatic heterocycles. The van der Waals surface area contributed by atoms with E-state index in [0.29, 0.717) is 12.8 Å². The third-order valence-corrected chi connectivity index (χ3v) is 25.6. The number of amides is 4. The van der Waals surface area contributed by atoms with Crippen molar-refractivity contribution in [3.63, 3.8) is 0 Å². The van der Waals surface area contributed by atoms with Crippen molar-refractivity contribution in [3.05, 3.63) is 24.3 Å². The van der Waals surface area contributed by atoms with Gasteiger partial charge in [0, 0.05) is 48.2 Å². The highest BCUT2D eigenvalue weighted by molar-refractivity contribution is 6.92. The maximum Gasteiger partial charge on any atom is 0.472 e. The van der Waals surface area contributed by atoms with Gasteiger partial charge >= 0.3 is 41.6 Å². The molecule has 53 heavy (non-hydrogen) atoms. The predicted molar refractivity (Wildman–Crippen MR) is 223 cm³/mol. The van der Waals surface area contributed by atoms with Crippen molar-refractivity contribution < 1.29 is 49.2 Å². The minimum Gasteiger partial charge on any atom is -0.462 e. The van der Waals surface area contributed by atoms with Crippen LogP contribution in [0.15, 0.2) is 24.3 Å². The van der Waals surface area contributed by atoms with Gasteiger partial charge in [0.05, 0.1) is 13.2 Å². The number of nitrogens with two attached hydrogens (primary N) is 2. The summed E-state index contributed by atoms with van der Waals surface area (Å²) in [6.45, 7) is 35.1. The van der Waals surface area contributed by atoms with Crippen LogP contribution in [0.2, 0.25) is 90.7 Å². The lowest BCUT2D eigenvalue weighted by Gasteiger charge is -2.47. The van der Waals surface area contributed by atoms with Gasteiger partial charge in [0.1, 0.15) is 0 Å². The van der Waals surface area contributed by atoms with Gasteiger partial charge in [-0.15, -0.1) is 0 Å². The second-order valence-electron chi connectivity index (χ2n) is 17.2. The zero-order valence-electron chi connectivity index (χ0n) is 34.9. The monoisotopic (exact) mass is 854 g/mol. The summed E-state index contributed by atoms with van der Waals surface area (Å²) in [6, 6.07) is -1.90. The molecule has 0 aromatic rings. The fourth-order valence-corrected chi connectivity index (χ4v) is 29.0. The maximum atomic E-state index is 12.1. The van der Waals surface area contributed by atoms with Crippen LogP contribution in [0.3, 0.4) is 0 Å². The second kappa shape index (κ2) is 21.4. The molecule has 0 spiro atoms. The van der Waals surface area contributed by atoms with Gasteiger partial charge in [0.15, 0.2) is 33.3 Å². The van der Waals surface area contributed by atoms with Crippen molar-refractivity contribution in [2.45, 2.75) is 142 Å². The van der Waals surface area contributed by atoms with E-state index in [9.17, 15) is 19.2 Å². The zero-order valence-corrected chi connectivity index (χ0v) is 40.9. The fourth-order valence-electron chi connectivity index (χ4n) is 5.05. The molecule has 0 saturated carbocycles. The molecular weight excluding hydrogens is 785 g/mol. The minimum atomic E-state index is -3.78. The molecule has 0 aliphatic rings. The molecule has 21 heteroatoms. The summed E-state index contributed by atoms with van der Waals surface area (Å²) >= 11 is 0. The molecular formula is C32H70N4O11Si6. The topological polar surface area (TPSA) is 209 Å². The third kappa shape index (κ3) is 25.0. The van der Waals surface area contributed by atoms with Crippen LogP contribution >= 0.6 is 0 Å². The van der Waals surface area contributed by atoms with E-state index in [-0.39, 0.29) is 49.3 Å². The number of hydrogen-bond donors (Lipinski definition) is 4. The van der Waals surface area contributed by atoms with Gasteiger partial charge in [-0.25, -0.2) is 19.2 Å². The van der Waals surface area contributed by atoms with E-state index in [2.05, 4.69) is 102 Å². The van der Waals surface area contributed by atoms with Crippen LogP contribution in [0.4, 0.5) is 9.59 Å². The first-order chi connectivity index (χ1) is 23.8. The van der Waals surface area contributed by atoms with E-state index in [1.54, 1.807) is 13.8 Å². The molecule has 0 bridgehead atoms. The van der Waals surface area contributed by atoms with Crippen molar-refractivity contribution in [2.24, 2.45) is 11.5 Å². The Balaban J connectivity index is 7.25. The fraction of sp³-hybridized carbons (Fsp3) is 0.750. The number of primary amides is 2. The van der Waals surface area contributed by atoms with E-state index in [1.165, 1.54) is 0 Å². The molecule has 0 aromatic heterocycles. The number of carbonyl (C=O) groups excluding carboxylic acids is 4. The average molecular weight is 855 g/mol. The van der Waals surface area contributed by atoms with Gasteiger partial charge in [-0.2, -0.15) is 0 Å². The molecule has 0 heterocycles. The highest BCUT2D eigenvalue weighted by atomic mass is 28.5. The Hall–Kier alpha value is -1.94. The second-order valence-corrected chi connectivity index (χ2v) is 41.9. The van der Waals surface area contributed by atoms with Gasteiger partial charge in [0.25, 0.3) is 0 Å². The molecule has 0 radical (unpaired) electrons. The van der Waals surface area contributed by atoms with Crippen LogP contribution in [0.5, 0.6) is 0 Å². The number of rotatable bonds is 26. The first kappa shape index (κ1) is 51.1. The van der Waals surface area contributed by atoms with Gasteiger partial charge in [-0.05, 0) is 105 Å². The number of ether oxygens (including phenoxy) is 2. The van der Waals surface area contributed by atoms with Crippen molar-refractivity contribution >= 4 is 74.9 Å². The van der Waals surface area contributed by atoms with Crippen LogP contribution in [0, 0.1) is 0 Å². The smallest absolute Gasteiger partial charge is 0.462 e. The number of hydrogen-bond acceptors (Lipinski definition) is 11. The van der Waals surface area contributed by atoms with Crippen molar-refractivity contribution in [1.82, 2.24) is 10.6 Å². The predicted octanol–water partition coefficient (Wildman–Crippen LogP) is 6.16. The van der Waals surface area contributed by atoms with Gasteiger partial charge in [0.2, 0.25) is 0 Å². The summed E-state index contributed by atoms with van der Waals surface area (Å²) in [4.78, 5) is 48.5. The lowest BCUT2D eigenvalue weighted by atomic mass is 10.1. The summed E-state index contributed by atoms with van der Waals surface area (Å²) in [6.07, 6.45) is 1.22. The number of esters is 2. The molecule has 4 amide bonds. The van der Waals surface area contributed by atoms with Crippen LogP contribution in [0.25, 0.3) is 0 Å². The normalized spacial score (nSPS) is 14.2. The summed E-state index contributed by atoms with van der Waals surface area (Å²) < 4.78 is 46.4. The summed E-state index contributed by atoms with van der Waals surface area (Å²) in [5, 5.41) is 5.57. The van der Waals surface area contributed by atoms with E-state index in [4.69, 9.17) is 41.5 Å². The van der Waals surface area contributed by atoms with Gasteiger partial charge in [-0.1, -0.05) is 13.2 Å². The molecule has 0 saturated heterocycles. The van der Waals surface area contributed by atoms with E-state index >= 15 is 0 Å². The molecule has 0 fully saturated rings. The van der Waals surface area contributed by atoms with Crippen LogP contribution in [0.1, 0.15) is 39.5 Å². The molecule has 308 valence electrons. The summed E-state index contributed by atoms with van der Waals surface area (Å²) in [7, 11) is -17.2. The Bertz CT molecular complexity index is 1140. The lowest BCUT2D eigenvalue weighted by Crippen LogP contribution is -2.67.